The molecule has 0 atom stereocenters. The lowest BCUT2D eigenvalue weighted by Gasteiger charge is -2.06. The Kier molecular flexibility index (Phi) is 4.13. The first-order chi connectivity index (χ1) is 9.19. The summed E-state index contributed by atoms with van der Waals surface area (Å²) in [5.74, 6) is 1.32. The van der Waals surface area contributed by atoms with Crippen LogP contribution in [0.2, 0.25) is 0 Å². The average molecular weight is 257 g/mol. The standard InChI is InChI=1S/C15H15NO3/c1-2-3-12-4-8-14(9-5-12)19-15-10-6-13(7-11-15)16(17)18/h4-11H,2-3H2,1H3. The molecule has 0 aliphatic rings. The van der Waals surface area contributed by atoms with E-state index in [0.29, 0.717) is 5.75 Å². The number of nitro groups is 1. The summed E-state index contributed by atoms with van der Waals surface area (Å²) in [4.78, 5) is 10.1. The van der Waals surface area contributed by atoms with Crippen molar-refractivity contribution in [3.05, 3.63) is 64.2 Å². The van der Waals surface area contributed by atoms with E-state index in [1.807, 2.05) is 24.3 Å². The number of nitro benzene ring substituents is 1. The number of nitrogens with zero attached hydrogens (tertiary/aromatic N) is 1. The SMILES string of the molecule is CCCc1ccc(Oc2ccc([N+](=O)[O-])cc2)cc1. The van der Waals surface area contributed by atoms with Gasteiger partial charge in [-0.25, -0.2) is 0 Å². The Morgan fingerprint density at radius 2 is 1.53 bits per heavy atom. The van der Waals surface area contributed by atoms with Gasteiger partial charge in [0.15, 0.2) is 0 Å². The summed E-state index contributed by atoms with van der Waals surface area (Å²) in [6.07, 6.45) is 2.17. The molecule has 0 saturated heterocycles. The topological polar surface area (TPSA) is 52.4 Å². The Morgan fingerprint density at radius 3 is 2.00 bits per heavy atom. The lowest BCUT2D eigenvalue weighted by molar-refractivity contribution is -0.384. The fourth-order valence-electron chi connectivity index (χ4n) is 1.78. The molecule has 0 aliphatic carbocycles. The van der Waals surface area contributed by atoms with Crippen LogP contribution in [0.3, 0.4) is 0 Å². The second kappa shape index (κ2) is 6.00. The van der Waals surface area contributed by atoms with E-state index >= 15 is 0 Å². The van der Waals surface area contributed by atoms with Crippen molar-refractivity contribution in [2.75, 3.05) is 0 Å². The normalized spacial score (nSPS) is 10.2. The number of rotatable bonds is 5. The van der Waals surface area contributed by atoms with Crippen molar-refractivity contribution in [1.29, 1.82) is 0 Å². The minimum atomic E-state index is -0.427. The zero-order valence-electron chi connectivity index (χ0n) is 10.7. The van der Waals surface area contributed by atoms with Gasteiger partial charge in [-0.3, -0.25) is 10.1 Å². The molecule has 4 nitrogen and oxygen atoms in total. The van der Waals surface area contributed by atoms with Gasteiger partial charge in [-0.15, -0.1) is 0 Å². The quantitative estimate of drug-likeness (QED) is 0.591. The van der Waals surface area contributed by atoms with Gasteiger partial charge in [0, 0.05) is 12.1 Å². The molecule has 98 valence electrons. The molecule has 0 saturated carbocycles. The molecule has 0 unspecified atom stereocenters. The largest absolute Gasteiger partial charge is 0.457 e. The molecule has 4 heteroatoms. The van der Waals surface area contributed by atoms with E-state index in [4.69, 9.17) is 4.74 Å². The van der Waals surface area contributed by atoms with E-state index in [0.717, 1.165) is 18.6 Å². The van der Waals surface area contributed by atoms with Crippen LogP contribution in [0.15, 0.2) is 48.5 Å². The summed E-state index contributed by atoms with van der Waals surface area (Å²) < 4.78 is 5.62. The van der Waals surface area contributed by atoms with E-state index in [1.54, 1.807) is 12.1 Å². The van der Waals surface area contributed by atoms with Crippen molar-refractivity contribution in [2.24, 2.45) is 0 Å². The van der Waals surface area contributed by atoms with E-state index in [1.165, 1.54) is 17.7 Å². The number of benzene rings is 2. The summed E-state index contributed by atoms with van der Waals surface area (Å²) in [7, 11) is 0. The lowest BCUT2D eigenvalue weighted by atomic mass is 10.1. The van der Waals surface area contributed by atoms with Gasteiger partial charge in [0.05, 0.1) is 4.92 Å². The molecule has 0 N–H and O–H groups in total. The van der Waals surface area contributed by atoms with Crippen LogP contribution < -0.4 is 4.74 Å². The highest BCUT2D eigenvalue weighted by Gasteiger charge is 2.05. The van der Waals surface area contributed by atoms with Crippen LogP contribution >= 0.6 is 0 Å². The molecule has 0 heterocycles. The zero-order chi connectivity index (χ0) is 13.7. The predicted octanol–water partition coefficient (Wildman–Crippen LogP) is 4.34. The molecule has 0 bridgehead atoms. The van der Waals surface area contributed by atoms with Gasteiger partial charge in [0.2, 0.25) is 0 Å². The Bertz CT molecular complexity index is 547. The molecule has 0 aliphatic heterocycles. The lowest BCUT2D eigenvalue weighted by Crippen LogP contribution is -1.89. The second-order valence-corrected chi connectivity index (χ2v) is 4.25. The molecule has 2 aromatic rings. The Morgan fingerprint density at radius 1 is 1.00 bits per heavy atom. The Balaban J connectivity index is 2.06. The third-order valence-electron chi connectivity index (χ3n) is 2.75. The van der Waals surface area contributed by atoms with Crippen molar-refractivity contribution in [1.82, 2.24) is 0 Å². The second-order valence-electron chi connectivity index (χ2n) is 4.25. The van der Waals surface area contributed by atoms with E-state index < -0.39 is 4.92 Å². The van der Waals surface area contributed by atoms with Crippen molar-refractivity contribution in [2.45, 2.75) is 19.8 Å². The van der Waals surface area contributed by atoms with Gasteiger partial charge >= 0.3 is 0 Å². The first kappa shape index (κ1) is 13.1. The minimum absolute atomic E-state index is 0.0608. The summed E-state index contributed by atoms with van der Waals surface area (Å²) in [6, 6.07) is 13.9. The Hall–Kier alpha value is -2.36. The van der Waals surface area contributed by atoms with Gasteiger partial charge in [-0.1, -0.05) is 25.5 Å². The maximum absolute atomic E-state index is 10.5. The minimum Gasteiger partial charge on any atom is -0.457 e. The average Bonchev–Trinajstić information content (AvgIpc) is 2.42. The monoisotopic (exact) mass is 257 g/mol. The number of aryl methyl sites for hydroxylation is 1. The van der Waals surface area contributed by atoms with Gasteiger partial charge in [0.25, 0.3) is 5.69 Å². The van der Waals surface area contributed by atoms with Gasteiger partial charge < -0.3 is 4.74 Å². The highest BCUT2D eigenvalue weighted by atomic mass is 16.6. The number of hydrogen-bond acceptors (Lipinski definition) is 3. The number of hydrogen-bond donors (Lipinski definition) is 0. The van der Waals surface area contributed by atoms with Crippen molar-refractivity contribution in [3.63, 3.8) is 0 Å². The van der Waals surface area contributed by atoms with Crippen molar-refractivity contribution in [3.8, 4) is 11.5 Å². The summed E-state index contributed by atoms with van der Waals surface area (Å²) in [5, 5.41) is 10.5. The molecule has 2 aromatic carbocycles. The number of non-ortho nitro benzene ring substituents is 1. The van der Waals surface area contributed by atoms with Crippen LogP contribution in [-0.2, 0) is 6.42 Å². The molecule has 0 radical (unpaired) electrons. The van der Waals surface area contributed by atoms with Crippen LogP contribution in [0.25, 0.3) is 0 Å². The maximum atomic E-state index is 10.5. The smallest absolute Gasteiger partial charge is 0.269 e. The van der Waals surface area contributed by atoms with Crippen molar-refractivity contribution >= 4 is 5.69 Å². The molecule has 0 fully saturated rings. The van der Waals surface area contributed by atoms with Crippen LogP contribution in [0.1, 0.15) is 18.9 Å². The van der Waals surface area contributed by atoms with Crippen LogP contribution in [0, 0.1) is 10.1 Å². The first-order valence-corrected chi connectivity index (χ1v) is 6.20. The highest BCUT2D eigenvalue weighted by molar-refractivity contribution is 5.39. The summed E-state index contributed by atoms with van der Waals surface area (Å²) in [5.41, 5.74) is 1.34. The van der Waals surface area contributed by atoms with E-state index in [9.17, 15) is 10.1 Å². The van der Waals surface area contributed by atoms with Crippen LogP contribution in [0.5, 0.6) is 11.5 Å². The van der Waals surface area contributed by atoms with Crippen LogP contribution in [0.4, 0.5) is 5.69 Å². The summed E-state index contributed by atoms with van der Waals surface area (Å²) in [6.45, 7) is 2.14. The molecular formula is C15H15NO3. The Labute approximate surface area is 111 Å². The van der Waals surface area contributed by atoms with Crippen LogP contribution in [-0.4, -0.2) is 4.92 Å². The number of ether oxygens (including phenoxy) is 1. The van der Waals surface area contributed by atoms with Gasteiger partial charge in [-0.2, -0.15) is 0 Å². The molecule has 19 heavy (non-hydrogen) atoms. The van der Waals surface area contributed by atoms with Gasteiger partial charge in [-0.05, 0) is 36.2 Å². The fourth-order valence-corrected chi connectivity index (χ4v) is 1.78. The zero-order valence-corrected chi connectivity index (χ0v) is 10.7. The third-order valence-corrected chi connectivity index (χ3v) is 2.75. The van der Waals surface area contributed by atoms with E-state index in [-0.39, 0.29) is 5.69 Å². The molecule has 0 amide bonds. The highest BCUT2D eigenvalue weighted by Crippen LogP contribution is 2.24. The maximum Gasteiger partial charge on any atom is 0.269 e. The van der Waals surface area contributed by atoms with Gasteiger partial charge in [0.1, 0.15) is 11.5 Å². The van der Waals surface area contributed by atoms with Crippen molar-refractivity contribution < 1.29 is 9.66 Å². The molecule has 0 aromatic heterocycles. The molecule has 0 spiro atoms. The summed E-state index contributed by atoms with van der Waals surface area (Å²) >= 11 is 0. The first-order valence-electron chi connectivity index (χ1n) is 6.20. The predicted molar refractivity (Wildman–Crippen MR) is 73.6 cm³/mol. The third kappa shape index (κ3) is 3.55. The molecule has 2 rings (SSSR count). The van der Waals surface area contributed by atoms with E-state index in [2.05, 4.69) is 6.92 Å². The molecular weight excluding hydrogens is 242 g/mol. The fraction of sp³-hybridized carbons (Fsp3) is 0.200.